The molecule has 0 radical (unpaired) electrons. The van der Waals surface area contributed by atoms with Crippen LogP contribution in [0.5, 0.6) is 0 Å². The van der Waals surface area contributed by atoms with E-state index >= 15 is 0 Å². The second-order valence-corrected chi connectivity index (χ2v) is 4.71. The van der Waals surface area contributed by atoms with E-state index in [4.69, 9.17) is 11.6 Å². The molecular formula is C14H9ClN2O2. The van der Waals surface area contributed by atoms with Crippen LogP contribution in [0.2, 0.25) is 5.02 Å². The first-order valence-electron chi connectivity index (χ1n) is 5.68. The van der Waals surface area contributed by atoms with Crippen LogP contribution in [0.3, 0.4) is 0 Å². The van der Waals surface area contributed by atoms with Crippen LogP contribution in [0.25, 0.3) is 0 Å². The van der Waals surface area contributed by atoms with Gasteiger partial charge in [-0.15, -0.1) is 0 Å². The van der Waals surface area contributed by atoms with E-state index in [1.54, 1.807) is 24.3 Å². The molecule has 1 aliphatic heterocycles. The van der Waals surface area contributed by atoms with Gasteiger partial charge in [0.15, 0.2) is 0 Å². The second kappa shape index (κ2) is 4.17. The average molecular weight is 273 g/mol. The molecule has 0 spiro atoms. The van der Waals surface area contributed by atoms with Crippen LogP contribution in [-0.2, 0) is 0 Å². The van der Waals surface area contributed by atoms with Crippen molar-refractivity contribution in [2.75, 3.05) is 4.90 Å². The number of fused-ring (bicyclic) bond motifs is 1. The number of hydrogen-bond donors (Lipinski definition) is 0. The highest BCUT2D eigenvalue weighted by atomic mass is 35.5. The molecular weight excluding hydrogens is 264 g/mol. The van der Waals surface area contributed by atoms with Crippen molar-refractivity contribution in [3.63, 3.8) is 0 Å². The largest absolute Gasteiger partial charge is 0.268 e. The molecule has 2 heterocycles. The lowest BCUT2D eigenvalue weighted by Crippen LogP contribution is -2.29. The fourth-order valence-corrected chi connectivity index (χ4v) is 2.21. The molecule has 2 amide bonds. The summed E-state index contributed by atoms with van der Waals surface area (Å²) in [5, 5.41) is 0.521. The highest BCUT2D eigenvalue weighted by molar-refractivity contribution is 6.35. The summed E-state index contributed by atoms with van der Waals surface area (Å²) in [6.07, 6.45) is 2.90. The molecule has 0 saturated carbocycles. The lowest BCUT2D eigenvalue weighted by molar-refractivity contribution is 0.0926. The number of carbonyl (C=O) groups is 2. The third kappa shape index (κ3) is 1.72. The Morgan fingerprint density at radius 3 is 2.53 bits per heavy atom. The number of amides is 2. The SMILES string of the molecule is Cc1ccc(N2C(=O)c3ccncc3C2=O)cc1Cl. The Balaban J connectivity index is 2.11. The Morgan fingerprint density at radius 2 is 1.84 bits per heavy atom. The number of benzene rings is 1. The topological polar surface area (TPSA) is 50.3 Å². The summed E-state index contributed by atoms with van der Waals surface area (Å²) in [7, 11) is 0. The summed E-state index contributed by atoms with van der Waals surface area (Å²) in [4.78, 5) is 29.5. The minimum Gasteiger partial charge on any atom is -0.268 e. The Kier molecular flexibility index (Phi) is 2.61. The van der Waals surface area contributed by atoms with Crippen molar-refractivity contribution < 1.29 is 9.59 Å². The molecule has 2 aromatic rings. The van der Waals surface area contributed by atoms with Crippen LogP contribution in [0.15, 0.2) is 36.7 Å². The molecule has 4 nitrogen and oxygen atoms in total. The Morgan fingerprint density at radius 1 is 1.11 bits per heavy atom. The summed E-state index contributed by atoms with van der Waals surface area (Å²) in [6, 6.07) is 6.65. The van der Waals surface area contributed by atoms with Crippen molar-refractivity contribution in [3.8, 4) is 0 Å². The predicted molar refractivity (Wildman–Crippen MR) is 71.6 cm³/mol. The molecule has 0 aliphatic carbocycles. The molecule has 0 saturated heterocycles. The predicted octanol–water partition coefficient (Wildman–Crippen LogP) is 2.84. The number of imide groups is 1. The molecule has 1 aromatic heterocycles. The Hall–Kier alpha value is -2.20. The van der Waals surface area contributed by atoms with Gasteiger partial charge in [0.25, 0.3) is 11.8 Å². The van der Waals surface area contributed by atoms with E-state index in [1.165, 1.54) is 12.4 Å². The summed E-state index contributed by atoms with van der Waals surface area (Å²) in [6.45, 7) is 1.86. The molecule has 1 aromatic carbocycles. The van der Waals surface area contributed by atoms with Crippen molar-refractivity contribution in [3.05, 3.63) is 58.4 Å². The van der Waals surface area contributed by atoms with Gasteiger partial charge in [-0.05, 0) is 30.7 Å². The number of rotatable bonds is 1. The highest BCUT2D eigenvalue weighted by Gasteiger charge is 2.36. The minimum atomic E-state index is -0.368. The minimum absolute atomic E-state index is 0.323. The van der Waals surface area contributed by atoms with Crippen LogP contribution in [0.1, 0.15) is 26.3 Å². The lowest BCUT2D eigenvalue weighted by atomic mass is 10.2. The van der Waals surface area contributed by atoms with Gasteiger partial charge in [0.1, 0.15) is 0 Å². The molecule has 0 N–H and O–H groups in total. The smallest absolute Gasteiger partial charge is 0.267 e. The lowest BCUT2D eigenvalue weighted by Gasteiger charge is -2.14. The van der Waals surface area contributed by atoms with E-state index in [0.717, 1.165) is 10.5 Å². The highest BCUT2D eigenvalue weighted by Crippen LogP contribution is 2.30. The van der Waals surface area contributed by atoms with Gasteiger partial charge < -0.3 is 0 Å². The number of carbonyl (C=O) groups excluding carboxylic acids is 2. The number of pyridine rings is 1. The van der Waals surface area contributed by atoms with Crippen molar-refractivity contribution in [1.29, 1.82) is 0 Å². The zero-order valence-electron chi connectivity index (χ0n) is 10.1. The van der Waals surface area contributed by atoms with E-state index in [2.05, 4.69) is 4.98 Å². The van der Waals surface area contributed by atoms with E-state index in [-0.39, 0.29) is 11.8 Å². The van der Waals surface area contributed by atoms with E-state index in [1.807, 2.05) is 6.92 Å². The Bertz CT molecular complexity index is 677. The number of anilines is 1. The average Bonchev–Trinajstić information content (AvgIpc) is 2.66. The quantitative estimate of drug-likeness (QED) is 0.750. The van der Waals surface area contributed by atoms with Crippen LogP contribution < -0.4 is 4.90 Å². The van der Waals surface area contributed by atoms with E-state index in [0.29, 0.717) is 21.8 Å². The first-order valence-corrected chi connectivity index (χ1v) is 6.06. The van der Waals surface area contributed by atoms with Crippen molar-refractivity contribution in [2.45, 2.75) is 6.92 Å². The molecule has 0 unspecified atom stereocenters. The first-order chi connectivity index (χ1) is 9.09. The maximum absolute atomic E-state index is 12.2. The molecule has 0 bridgehead atoms. The van der Waals surface area contributed by atoms with Gasteiger partial charge in [-0.3, -0.25) is 14.6 Å². The van der Waals surface area contributed by atoms with Crippen LogP contribution in [0, 0.1) is 6.92 Å². The second-order valence-electron chi connectivity index (χ2n) is 4.30. The van der Waals surface area contributed by atoms with Crippen molar-refractivity contribution in [2.24, 2.45) is 0 Å². The van der Waals surface area contributed by atoms with Crippen LogP contribution in [-0.4, -0.2) is 16.8 Å². The number of hydrogen-bond acceptors (Lipinski definition) is 3. The normalized spacial score (nSPS) is 13.9. The van der Waals surface area contributed by atoms with Crippen LogP contribution in [0.4, 0.5) is 5.69 Å². The molecule has 0 fully saturated rings. The summed E-state index contributed by atoms with van der Waals surface area (Å²) in [5.74, 6) is -0.713. The van der Waals surface area contributed by atoms with Gasteiger partial charge in [-0.25, -0.2) is 4.90 Å². The summed E-state index contributed by atoms with van der Waals surface area (Å²) < 4.78 is 0. The van der Waals surface area contributed by atoms with Crippen molar-refractivity contribution in [1.82, 2.24) is 4.98 Å². The summed E-state index contributed by atoms with van der Waals surface area (Å²) in [5.41, 5.74) is 2.06. The molecule has 1 aliphatic rings. The van der Waals surface area contributed by atoms with Crippen LogP contribution >= 0.6 is 11.6 Å². The standard InChI is InChI=1S/C14H9ClN2O2/c1-8-2-3-9(6-12(8)15)17-13(18)10-4-5-16-7-11(10)14(17)19/h2-7H,1H3. The van der Waals surface area contributed by atoms with Gasteiger partial charge in [0.05, 0.1) is 16.8 Å². The number of halogens is 1. The van der Waals surface area contributed by atoms with E-state index < -0.39 is 0 Å². The zero-order valence-corrected chi connectivity index (χ0v) is 10.8. The van der Waals surface area contributed by atoms with Crippen molar-refractivity contribution >= 4 is 29.1 Å². The fraction of sp³-hybridized carbons (Fsp3) is 0.0714. The molecule has 5 heteroatoms. The third-order valence-electron chi connectivity index (χ3n) is 3.10. The molecule has 0 atom stereocenters. The monoisotopic (exact) mass is 272 g/mol. The molecule has 3 rings (SSSR count). The van der Waals surface area contributed by atoms with Gasteiger partial charge in [0.2, 0.25) is 0 Å². The number of aryl methyl sites for hydroxylation is 1. The molecule has 19 heavy (non-hydrogen) atoms. The number of aromatic nitrogens is 1. The Labute approximate surface area is 114 Å². The molecule has 94 valence electrons. The summed E-state index contributed by atoms with van der Waals surface area (Å²) >= 11 is 6.04. The van der Waals surface area contributed by atoms with Gasteiger partial charge in [0, 0.05) is 17.4 Å². The van der Waals surface area contributed by atoms with Gasteiger partial charge in [-0.1, -0.05) is 17.7 Å². The maximum Gasteiger partial charge on any atom is 0.267 e. The van der Waals surface area contributed by atoms with E-state index in [9.17, 15) is 9.59 Å². The van der Waals surface area contributed by atoms with Gasteiger partial charge in [-0.2, -0.15) is 0 Å². The first kappa shape index (κ1) is 11.9. The number of nitrogens with zero attached hydrogens (tertiary/aromatic N) is 2. The fourth-order valence-electron chi connectivity index (χ4n) is 2.04. The van der Waals surface area contributed by atoms with Gasteiger partial charge >= 0.3 is 0 Å². The third-order valence-corrected chi connectivity index (χ3v) is 3.51. The zero-order chi connectivity index (χ0) is 13.6. The maximum atomic E-state index is 12.2.